The van der Waals surface area contributed by atoms with E-state index in [2.05, 4.69) is 10.6 Å². The number of aromatic hydroxyl groups is 1. The van der Waals surface area contributed by atoms with Gasteiger partial charge in [-0.3, -0.25) is 4.79 Å². The van der Waals surface area contributed by atoms with E-state index in [4.69, 9.17) is 0 Å². The van der Waals surface area contributed by atoms with Crippen LogP contribution in [0.4, 0.5) is 10.1 Å². The van der Waals surface area contributed by atoms with Gasteiger partial charge in [0, 0.05) is 6.07 Å². The molecule has 1 aliphatic rings. The first kappa shape index (κ1) is 10.9. The fraction of sp³-hybridized carbons (Fsp3) is 0.364. The van der Waals surface area contributed by atoms with Gasteiger partial charge in [-0.05, 0) is 31.5 Å². The Kier molecular flexibility index (Phi) is 3.05. The van der Waals surface area contributed by atoms with Crippen molar-refractivity contribution < 1.29 is 14.3 Å². The van der Waals surface area contributed by atoms with E-state index in [1.165, 1.54) is 6.07 Å². The average Bonchev–Trinajstić information content (AvgIpc) is 2.76. The van der Waals surface area contributed by atoms with E-state index >= 15 is 0 Å². The van der Waals surface area contributed by atoms with Crippen LogP contribution in [0.1, 0.15) is 12.8 Å². The average molecular weight is 224 g/mol. The van der Waals surface area contributed by atoms with E-state index in [1.54, 1.807) is 0 Å². The first-order chi connectivity index (χ1) is 7.66. The Balaban J connectivity index is 2.07. The zero-order chi connectivity index (χ0) is 11.5. The minimum absolute atomic E-state index is 0.110. The van der Waals surface area contributed by atoms with Crippen molar-refractivity contribution in [1.82, 2.24) is 5.32 Å². The van der Waals surface area contributed by atoms with E-state index in [-0.39, 0.29) is 23.4 Å². The van der Waals surface area contributed by atoms with Crippen molar-refractivity contribution in [2.45, 2.75) is 18.9 Å². The summed E-state index contributed by atoms with van der Waals surface area (Å²) in [6.45, 7) is 0.813. The van der Waals surface area contributed by atoms with E-state index in [0.717, 1.165) is 31.5 Å². The minimum atomic E-state index is -0.493. The number of rotatable bonds is 2. The van der Waals surface area contributed by atoms with Gasteiger partial charge < -0.3 is 15.7 Å². The van der Waals surface area contributed by atoms with Gasteiger partial charge in [-0.2, -0.15) is 0 Å². The Morgan fingerprint density at radius 1 is 1.56 bits per heavy atom. The molecule has 4 nitrogen and oxygen atoms in total. The van der Waals surface area contributed by atoms with E-state index in [0.29, 0.717) is 0 Å². The fourth-order valence-corrected chi connectivity index (χ4v) is 1.74. The second kappa shape index (κ2) is 4.49. The zero-order valence-electron chi connectivity index (χ0n) is 8.66. The highest BCUT2D eigenvalue weighted by molar-refractivity contribution is 5.96. The summed E-state index contributed by atoms with van der Waals surface area (Å²) >= 11 is 0. The lowest BCUT2D eigenvalue weighted by Gasteiger charge is -2.12. The number of carbonyl (C=O) groups excluding carboxylic acids is 1. The van der Waals surface area contributed by atoms with Gasteiger partial charge >= 0.3 is 0 Å². The Bertz CT molecular complexity index is 403. The zero-order valence-corrected chi connectivity index (χ0v) is 8.66. The van der Waals surface area contributed by atoms with Crippen molar-refractivity contribution in [1.29, 1.82) is 0 Å². The highest BCUT2D eigenvalue weighted by atomic mass is 19.1. The second-order valence-electron chi connectivity index (χ2n) is 3.80. The summed E-state index contributed by atoms with van der Waals surface area (Å²) in [5, 5.41) is 14.9. The number of benzene rings is 1. The van der Waals surface area contributed by atoms with Crippen molar-refractivity contribution in [3.05, 3.63) is 24.0 Å². The molecule has 1 fully saturated rings. The number of halogens is 1. The molecule has 0 spiro atoms. The van der Waals surface area contributed by atoms with Crippen LogP contribution < -0.4 is 10.6 Å². The maximum atomic E-state index is 12.9. The summed E-state index contributed by atoms with van der Waals surface area (Å²) in [5.74, 6) is -0.862. The number of anilines is 1. The number of nitrogens with one attached hydrogen (secondary N) is 2. The van der Waals surface area contributed by atoms with Gasteiger partial charge in [0.25, 0.3) is 0 Å². The summed E-state index contributed by atoms with van der Waals surface area (Å²) < 4.78 is 12.9. The molecule has 3 N–H and O–H groups in total. The molecule has 1 aliphatic heterocycles. The van der Waals surface area contributed by atoms with Crippen molar-refractivity contribution >= 4 is 11.6 Å². The highest BCUT2D eigenvalue weighted by Crippen LogP contribution is 2.24. The molecule has 0 aliphatic carbocycles. The Labute approximate surface area is 92.5 Å². The normalized spacial score (nSPS) is 19.7. The summed E-state index contributed by atoms with van der Waals surface area (Å²) in [4.78, 5) is 11.7. The molecule has 1 aromatic carbocycles. The SMILES string of the molecule is O=C(Nc1cc(F)ccc1O)C1CCCN1. The molecule has 0 bridgehead atoms. The van der Waals surface area contributed by atoms with Gasteiger partial charge in [-0.15, -0.1) is 0 Å². The van der Waals surface area contributed by atoms with Gasteiger partial charge in [0.15, 0.2) is 0 Å². The van der Waals surface area contributed by atoms with Crippen LogP contribution in [0.25, 0.3) is 0 Å². The Morgan fingerprint density at radius 2 is 2.38 bits per heavy atom. The number of phenolic OH excluding ortho intramolecular Hbond substituents is 1. The number of amides is 1. The van der Waals surface area contributed by atoms with Gasteiger partial charge in [0.1, 0.15) is 11.6 Å². The molecule has 1 atom stereocenters. The minimum Gasteiger partial charge on any atom is -0.506 e. The smallest absolute Gasteiger partial charge is 0.241 e. The molecule has 1 saturated heterocycles. The van der Waals surface area contributed by atoms with Crippen molar-refractivity contribution in [2.24, 2.45) is 0 Å². The van der Waals surface area contributed by atoms with E-state index < -0.39 is 5.82 Å². The van der Waals surface area contributed by atoms with Crippen molar-refractivity contribution in [3.8, 4) is 5.75 Å². The van der Waals surface area contributed by atoms with Gasteiger partial charge in [0.05, 0.1) is 11.7 Å². The largest absolute Gasteiger partial charge is 0.506 e. The molecule has 0 saturated carbocycles. The highest BCUT2D eigenvalue weighted by Gasteiger charge is 2.22. The molecule has 1 unspecified atom stereocenters. The first-order valence-corrected chi connectivity index (χ1v) is 5.19. The number of hydrogen-bond acceptors (Lipinski definition) is 3. The standard InChI is InChI=1S/C11H13FN2O2/c12-7-3-4-10(15)9(6-7)14-11(16)8-2-1-5-13-8/h3-4,6,8,13,15H,1-2,5H2,(H,14,16). The number of phenols is 1. The van der Waals surface area contributed by atoms with Gasteiger partial charge in [-0.1, -0.05) is 0 Å². The van der Waals surface area contributed by atoms with Crippen LogP contribution in [0, 0.1) is 5.82 Å². The third kappa shape index (κ3) is 2.30. The quantitative estimate of drug-likeness (QED) is 0.662. The number of hydrogen-bond donors (Lipinski definition) is 3. The fourth-order valence-electron chi connectivity index (χ4n) is 1.74. The van der Waals surface area contributed by atoms with Crippen LogP contribution in [0.2, 0.25) is 0 Å². The third-order valence-corrected chi connectivity index (χ3v) is 2.59. The van der Waals surface area contributed by atoms with E-state index in [9.17, 15) is 14.3 Å². The van der Waals surface area contributed by atoms with Crippen LogP contribution in [0.3, 0.4) is 0 Å². The summed E-state index contributed by atoms with van der Waals surface area (Å²) in [7, 11) is 0. The maximum Gasteiger partial charge on any atom is 0.241 e. The Hall–Kier alpha value is -1.62. The first-order valence-electron chi connectivity index (χ1n) is 5.19. The maximum absolute atomic E-state index is 12.9. The molecule has 1 heterocycles. The molecule has 16 heavy (non-hydrogen) atoms. The number of carbonyl (C=O) groups is 1. The van der Waals surface area contributed by atoms with Crippen molar-refractivity contribution in [2.75, 3.05) is 11.9 Å². The molecule has 5 heteroatoms. The van der Waals surface area contributed by atoms with Crippen molar-refractivity contribution in [3.63, 3.8) is 0 Å². The third-order valence-electron chi connectivity index (χ3n) is 2.59. The molecule has 0 aromatic heterocycles. The van der Waals surface area contributed by atoms with Crippen LogP contribution in [-0.2, 0) is 4.79 Å². The molecular weight excluding hydrogens is 211 g/mol. The molecule has 2 rings (SSSR count). The Morgan fingerprint density at radius 3 is 3.06 bits per heavy atom. The predicted molar refractivity (Wildman–Crippen MR) is 57.7 cm³/mol. The molecule has 1 amide bonds. The summed E-state index contributed by atoms with van der Waals surface area (Å²) in [5.41, 5.74) is 0.110. The lowest BCUT2D eigenvalue weighted by Crippen LogP contribution is -2.35. The second-order valence-corrected chi connectivity index (χ2v) is 3.80. The topological polar surface area (TPSA) is 61.4 Å². The van der Waals surface area contributed by atoms with Crippen LogP contribution in [0.15, 0.2) is 18.2 Å². The van der Waals surface area contributed by atoms with E-state index in [1.807, 2.05) is 0 Å². The summed E-state index contributed by atoms with van der Waals surface area (Å²) in [6.07, 6.45) is 1.72. The molecule has 1 aromatic rings. The predicted octanol–water partition coefficient (Wildman–Crippen LogP) is 1.22. The van der Waals surface area contributed by atoms with Crippen LogP contribution >= 0.6 is 0 Å². The monoisotopic (exact) mass is 224 g/mol. The van der Waals surface area contributed by atoms with Gasteiger partial charge in [-0.25, -0.2) is 4.39 Å². The lowest BCUT2D eigenvalue weighted by molar-refractivity contribution is -0.117. The molecule has 86 valence electrons. The van der Waals surface area contributed by atoms with Crippen LogP contribution in [0.5, 0.6) is 5.75 Å². The molecule has 0 radical (unpaired) electrons. The summed E-state index contributed by atoms with van der Waals surface area (Å²) in [6, 6.07) is 3.20. The van der Waals surface area contributed by atoms with Crippen LogP contribution in [-0.4, -0.2) is 23.6 Å². The molecular formula is C11H13FN2O2. The van der Waals surface area contributed by atoms with Gasteiger partial charge in [0.2, 0.25) is 5.91 Å². The lowest BCUT2D eigenvalue weighted by atomic mass is 10.2.